The van der Waals surface area contributed by atoms with Gasteiger partial charge in [-0.25, -0.2) is 4.79 Å². The van der Waals surface area contributed by atoms with Gasteiger partial charge in [0.1, 0.15) is 18.0 Å². The third-order valence-electron chi connectivity index (χ3n) is 6.53. The van der Waals surface area contributed by atoms with E-state index in [0.717, 1.165) is 48.6 Å². The first-order chi connectivity index (χ1) is 17.8. The third kappa shape index (κ3) is 5.70. The average Bonchev–Trinajstić information content (AvgIpc) is 3.20. The Morgan fingerprint density at radius 1 is 0.973 bits per heavy atom. The fourth-order valence-electron chi connectivity index (χ4n) is 4.82. The molecule has 1 aliphatic rings. The van der Waals surface area contributed by atoms with Gasteiger partial charge in [0.15, 0.2) is 0 Å². The van der Waals surface area contributed by atoms with Crippen molar-refractivity contribution in [3.05, 3.63) is 93.2 Å². The molecule has 0 unspecified atom stereocenters. The molecule has 0 amide bonds. The van der Waals surface area contributed by atoms with Gasteiger partial charge in [0.25, 0.3) is 0 Å². The summed E-state index contributed by atoms with van der Waals surface area (Å²) in [4.78, 5) is 12.6. The van der Waals surface area contributed by atoms with Crippen molar-refractivity contribution < 1.29 is 19.0 Å². The van der Waals surface area contributed by atoms with Gasteiger partial charge in [0.05, 0.1) is 11.1 Å². The maximum absolute atomic E-state index is 12.6. The Hall–Kier alpha value is -2.84. The van der Waals surface area contributed by atoms with Gasteiger partial charge in [-0.15, -0.1) is 0 Å². The summed E-state index contributed by atoms with van der Waals surface area (Å²) < 4.78 is 21.2. The lowest BCUT2D eigenvalue weighted by Crippen LogP contribution is -2.23. The van der Waals surface area contributed by atoms with Crippen molar-refractivity contribution >= 4 is 39.5 Å². The number of halogens is 1. The molecule has 0 atom stereocenters. The van der Waals surface area contributed by atoms with E-state index < -0.39 is 5.60 Å². The van der Waals surface area contributed by atoms with Crippen LogP contribution in [0.15, 0.2) is 72.8 Å². The van der Waals surface area contributed by atoms with E-state index in [9.17, 15) is 4.79 Å². The summed E-state index contributed by atoms with van der Waals surface area (Å²) in [6, 6.07) is 24.2. The Labute approximate surface area is 231 Å². The van der Waals surface area contributed by atoms with Crippen LogP contribution in [0.5, 0.6) is 5.75 Å². The van der Waals surface area contributed by atoms with Crippen molar-refractivity contribution in [2.24, 2.45) is 0 Å². The van der Waals surface area contributed by atoms with Crippen molar-refractivity contribution in [2.45, 2.75) is 51.7 Å². The molecule has 2 heterocycles. The molecule has 192 valence electrons. The Bertz CT molecular complexity index is 1380. The van der Waals surface area contributed by atoms with Crippen LogP contribution in [0, 0.1) is 3.57 Å². The molecule has 4 aromatic rings. The molecule has 0 saturated carbocycles. The van der Waals surface area contributed by atoms with Crippen LogP contribution in [0.3, 0.4) is 0 Å². The summed E-state index contributed by atoms with van der Waals surface area (Å²) in [5.41, 5.74) is 4.45. The minimum Gasteiger partial charge on any atom is -0.487 e. The molecular weight excluding hydrogens is 577 g/mol. The van der Waals surface area contributed by atoms with E-state index in [0.29, 0.717) is 18.1 Å². The fraction of sp³-hybridized carbons (Fsp3) is 0.323. The standard InChI is InChI=1S/C31H32INO4/c1-31(2,3)37-30(34)23-12-14-24(15-13-23)33-28(22-16-18-35-19-17-22)27(32)25-10-7-11-26(29(25)33)36-20-21-8-5-4-6-9-21/h4-15,22H,16-20H2,1-3H3. The molecule has 6 heteroatoms. The molecule has 3 aromatic carbocycles. The molecule has 1 saturated heterocycles. The molecule has 1 aliphatic heterocycles. The van der Waals surface area contributed by atoms with E-state index in [-0.39, 0.29) is 5.97 Å². The number of ether oxygens (including phenoxy) is 3. The zero-order valence-electron chi connectivity index (χ0n) is 21.5. The van der Waals surface area contributed by atoms with Gasteiger partial charge in [-0.05, 0) is 92.1 Å². The SMILES string of the molecule is CC(C)(C)OC(=O)c1ccc(-n2c(C3CCOCC3)c(I)c3cccc(OCc4ccccc4)c32)cc1. The Balaban J connectivity index is 1.60. The molecule has 0 bridgehead atoms. The summed E-state index contributed by atoms with van der Waals surface area (Å²) in [5, 5.41) is 1.17. The van der Waals surface area contributed by atoms with E-state index in [1.807, 2.05) is 69.3 Å². The van der Waals surface area contributed by atoms with E-state index in [4.69, 9.17) is 14.2 Å². The quantitative estimate of drug-likeness (QED) is 0.166. The number of aromatic nitrogens is 1. The maximum atomic E-state index is 12.6. The van der Waals surface area contributed by atoms with E-state index in [1.54, 1.807) is 0 Å². The zero-order chi connectivity index (χ0) is 26.0. The summed E-state index contributed by atoms with van der Waals surface area (Å²) in [7, 11) is 0. The molecule has 5 nitrogen and oxygen atoms in total. The lowest BCUT2D eigenvalue weighted by molar-refractivity contribution is 0.00695. The minimum absolute atomic E-state index is 0.317. The molecule has 37 heavy (non-hydrogen) atoms. The first-order valence-corrected chi connectivity index (χ1v) is 13.8. The number of carbonyl (C=O) groups is 1. The van der Waals surface area contributed by atoms with Crippen LogP contribution < -0.4 is 4.74 Å². The molecular formula is C31H32INO4. The monoisotopic (exact) mass is 609 g/mol. The highest BCUT2D eigenvalue weighted by Gasteiger charge is 2.28. The van der Waals surface area contributed by atoms with Crippen LogP contribution in [-0.2, 0) is 16.1 Å². The molecule has 0 aliphatic carbocycles. The summed E-state index contributed by atoms with van der Waals surface area (Å²) in [6.07, 6.45) is 1.95. The first kappa shape index (κ1) is 25.8. The second-order valence-corrected chi connectivity index (χ2v) is 11.5. The van der Waals surface area contributed by atoms with Gasteiger partial charge >= 0.3 is 5.97 Å². The number of nitrogens with zero attached hydrogens (tertiary/aromatic N) is 1. The second kappa shape index (κ2) is 10.9. The molecule has 1 aromatic heterocycles. The van der Waals surface area contributed by atoms with Crippen molar-refractivity contribution in [2.75, 3.05) is 13.2 Å². The number of carbonyl (C=O) groups excluding carboxylic acids is 1. The van der Waals surface area contributed by atoms with Crippen molar-refractivity contribution in [3.8, 4) is 11.4 Å². The van der Waals surface area contributed by atoms with Gasteiger partial charge < -0.3 is 18.8 Å². The van der Waals surface area contributed by atoms with Crippen LogP contribution in [0.4, 0.5) is 0 Å². The van der Waals surface area contributed by atoms with E-state index in [2.05, 4.69) is 51.4 Å². The van der Waals surface area contributed by atoms with Crippen LogP contribution >= 0.6 is 22.6 Å². The highest BCUT2D eigenvalue weighted by atomic mass is 127. The molecule has 0 radical (unpaired) electrons. The van der Waals surface area contributed by atoms with Gasteiger partial charge in [-0.3, -0.25) is 0 Å². The maximum Gasteiger partial charge on any atom is 0.338 e. The summed E-state index contributed by atoms with van der Waals surface area (Å²) in [5.74, 6) is 0.900. The lowest BCUT2D eigenvalue weighted by atomic mass is 9.96. The molecule has 5 rings (SSSR count). The Morgan fingerprint density at radius 3 is 2.35 bits per heavy atom. The van der Waals surface area contributed by atoms with Crippen LogP contribution in [0.25, 0.3) is 16.6 Å². The number of hydrogen-bond acceptors (Lipinski definition) is 4. The zero-order valence-corrected chi connectivity index (χ0v) is 23.7. The highest BCUT2D eigenvalue weighted by Crippen LogP contribution is 2.42. The normalized spacial score (nSPS) is 14.6. The van der Waals surface area contributed by atoms with Gasteiger partial charge in [0, 0.05) is 39.5 Å². The molecule has 0 N–H and O–H groups in total. The highest BCUT2D eigenvalue weighted by molar-refractivity contribution is 14.1. The minimum atomic E-state index is -0.538. The van der Waals surface area contributed by atoms with Crippen molar-refractivity contribution in [3.63, 3.8) is 0 Å². The van der Waals surface area contributed by atoms with E-state index >= 15 is 0 Å². The van der Waals surface area contributed by atoms with Crippen molar-refractivity contribution in [1.82, 2.24) is 4.57 Å². The predicted octanol–water partition coefficient (Wildman–Crippen LogP) is 7.66. The average molecular weight is 610 g/mol. The summed E-state index contributed by atoms with van der Waals surface area (Å²) in [6.45, 7) is 7.65. The lowest BCUT2D eigenvalue weighted by Gasteiger charge is -2.25. The number of benzene rings is 3. The van der Waals surface area contributed by atoms with Gasteiger partial charge in [-0.1, -0.05) is 42.5 Å². The Kier molecular flexibility index (Phi) is 7.58. The van der Waals surface area contributed by atoms with Crippen LogP contribution in [-0.4, -0.2) is 29.4 Å². The molecule has 0 spiro atoms. The van der Waals surface area contributed by atoms with Gasteiger partial charge in [0.2, 0.25) is 0 Å². The van der Waals surface area contributed by atoms with Crippen molar-refractivity contribution in [1.29, 1.82) is 0 Å². The number of rotatable bonds is 6. The van der Waals surface area contributed by atoms with Gasteiger partial charge in [-0.2, -0.15) is 0 Å². The largest absolute Gasteiger partial charge is 0.487 e. The first-order valence-electron chi connectivity index (χ1n) is 12.7. The topological polar surface area (TPSA) is 49.7 Å². The number of fused-ring (bicyclic) bond motifs is 1. The summed E-state index contributed by atoms with van der Waals surface area (Å²) >= 11 is 2.49. The number of hydrogen-bond donors (Lipinski definition) is 0. The molecule has 1 fully saturated rings. The number of esters is 1. The third-order valence-corrected chi connectivity index (χ3v) is 7.66. The van der Waals surface area contributed by atoms with Crippen LogP contribution in [0.1, 0.15) is 61.1 Å². The second-order valence-electron chi connectivity index (χ2n) is 10.4. The Morgan fingerprint density at radius 2 is 1.68 bits per heavy atom. The number of para-hydroxylation sites is 1. The predicted molar refractivity (Wildman–Crippen MR) is 155 cm³/mol. The smallest absolute Gasteiger partial charge is 0.338 e. The van der Waals surface area contributed by atoms with Crippen LogP contribution in [0.2, 0.25) is 0 Å². The fourth-order valence-corrected chi connectivity index (χ4v) is 5.94. The van der Waals surface area contributed by atoms with E-state index in [1.165, 1.54) is 14.7 Å².